The molecule has 0 spiro atoms. The number of ether oxygens (including phenoxy) is 1. The molecule has 1 aromatic heterocycles. The number of fused-ring (bicyclic) bond motifs is 1. The maximum absolute atomic E-state index is 11.6. The van der Waals surface area contributed by atoms with Gasteiger partial charge in [0.2, 0.25) is 5.56 Å². The molecule has 0 fully saturated rings. The van der Waals surface area contributed by atoms with Crippen molar-refractivity contribution in [1.82, 2.24) is 10.3 Å². The number of aromatic amines is 1. The topological polar surface area (TPSA) is 92.2 Å². The first-order valence-corrected chi connectivity index (χ1v) is 11.0. The molecule has 33 heavy (non-hydrogen) atoms. The maximum atomic E-state index is 11.6. The van der Waals surface area contributed by atoms with E-state index in [1.807, 2.05) is 13.0 Å². The highest BCUT2D eigenvalue weighted by molar-refractivity contribution is 5.73. The average Bonchev–Trinajstić information content (AvgIpc) is 2.81. The molecule has 0 bridgehead atoms. The second-order valence-corrected chi connectivity index (χ2v) is 8.28. The summed E-state index contributed by atoms with van der Waals surface area (Å²) in [6.45, 7) is 4.37. The van der Waals surface area contributed by atoms with Crippen molar-refractivity contribution in [2.45, 2.75) is 32.7 Å². The smallest absolute Gasteiger partial charge is 0.248 e. The summed E-state index contributed by atoms with van der Waals surface area (Å²) in [4.78, 5) is 14.4. The number of aryl methyl sites for hydroxylation is 1. The molecule has 5 N–H and O–H groups in total. The first kappa shape index (κ1) is 22.6. The SMILES string of the molecule is CN/C=C(/c1ccc(=O)[nH]c1C)C(N)OCc1ccc(C2Nc3ccccc3C=C2C)cc1. The van der Waals surface area contributed by atoms with Crippen molar-refractivity contribution in [3.63, 3.8) is 0 Å². The third-order valence-electron chi connectivity index (χ3n) is 5.88. The summed E-state index contributed by atoms with van der Waals surface area (Å²) >= 11 is 0. The van der Waals surface area contributed by atoms with Crippen molar-refractivity contribution < 1.29 is 4.74 Å². The van der Waals surface area contributed by atoms with Crippen LogP contribution in [0.3, 0.4) is 0 Å². The molecular formula is C27H30N4O2. The van der Waals surface area contributed by atoms with Crippen molar-refractivity contribution in [2.24, 2.45) is 5.73 Å². The van der Waals surface area contributed by atoms with Crippen LogP contribution in [-0.2, 0) is 11.3 Å². The Morgan fingerprint density at radius 3 is 2.61 bits per heavy atom. The van der Waals surface area contributed by atoms with E-state index in [4.69, 9.17) is 10.5 Å². The van der Waals surface area contributed by atoms with Gasteiger partial charge in [0.15, 0.2) is 0 Å². The zero-order chi connectivity index (χ0) is 23.4. The molecular weight excluding hydrogens is 412 g/mol. The molecule has 170 valence electrons. The number of anilines is 1. The van der Waals surface area contributed by atoms with Crippen LogP contribution in [0, 0.1) is 6.92 Å². The van der Waals surface area contributed by atoms with E-state index in [2.05, 4.69) is 71.1 Å². The lowest BCUT2D eigenvalue weighted by Gasteiger charge is -2.27. The zero-order valence-corrected chi connectivity index (χ0v) is 19.2. The van der Waals surface area contributed by atoms with E-state index in [0.29, 0.717) is 6.61 Å². The Morgan fingerprint density at radius 2 is 1.88 bits per heavy atom. The number of hydrogen-bond donors (Lipinski definition) is 4. The first-order chi connectivity index (χ1) is 16.0. The van der Waals surface area contributed by atoms with Crippen molar-refractivity contribution in [2.75, 3.05) is 12.4 Å². The van der Waals surface area contributed by atoms with Crippen LogP contribution >= 0.6 is 0 Å². The lowest BCUT2D eigenvalue weighted by molar-refractivity contribution is 0.0824. The normalized spacial score (nSPS) is 16.4. The molecule has 6 heteroatoms. The zero-order valence-electron chi connectivity index (χ0n) is 19.2. The summed E-state index contributed by atoms with van der Waals surface area (Å²) in [7, 11) is 1.81. The second-order valence-electron chi connectivity index (χ2n) is 8.28. The number of rotatable bonds is 7. The molecule has 1 aliphatic rings. The van der Waals surface area contributed by atoms with Crippen LogP contribution in [0.15, 0.2) is 77.2 Å². The number of aromatic nitrogens is 1. The number of para-hydroxylation sites is 1. The van der Waals surface area contributed by atoms with Gasteiger partial charge in [0.1, 0.15) is 6.23 Å². The predicted octanol–water partition coefficient (Wildman–Crippen LogP) is 4.32. The Bertz CT molecular complexity index is 1240. The minimum atomic E-state index is -0.650. The fraction of sp³-hybridized carbons (Fsp3) is 0.222. The minimum absolute atomic E-state index is 0.143. The molecule has 0 saturated heterocycles. The fourth-order valence-electron chi connectivity index (χ4n) is 4.14. The molecule has 2 atom stereocenters. The van der Waals surface area contributed by atoms with Gasteiger partial charge in [-0.05, 0) is 48.2 Å². The highest BCUT2D eigenvalue weighted by Gasteiger charge is 2.19. The standard InChI is InChI=1S/C27H30N4O2/c1-17-14-21-6-4-5-7-24(21)31-26(17)20-10-8-19(9-11-20)16-33-27(28)23(15-29-3)22-12-13-25(32)30-18(22)2/h4-15,26-27,29,31H,16,28H2,1-3H3,(H,30,32)/b23-15-. The quantitative estimate of drug-likeness (QED) is 0.409. The van der Waals surface area contributed by atoms with E-state index in [1.54, 1.807) is 19.3 Å². The molecule has 0 radical (unpaired) electrons. The van der Waals surface area contributed by atoms with E-state index < -0.39 is 6.23 Å². The number of H-pyrrole nitrogens is 1. The number of hydrogen-bond acceptors (Lipinski definition) is 5. The molecule has 2 unspecified atom stereocenters. The fourth-order valence-corrected chi connectivity index (χ4v) is 4.14. The van der Waals surface area contributed by atoms with Gasteiger partial charge in [0.25, 0.3) is 0 Å². The highest BCUT2D eigenvalue weighted by Crippen LogP contribution is 2.35. The number of pyridine rings is 1. The van der Waals surface area contributed by atoms with Gasteiger partial charge in [-0.15, -0.1) is 0 Å². The Kier molecular flexibility index (Phi) is 6.77. The van der Waals surface area contributed by atoms with E-state index in [-0.39, 0.29) is 11.6 Å². The Labute approximate surface area is 194 Å². The molecule has 0 amide bonds. The molecule has 3 aromatic rings. The van der Waals surface area contributed by atoms with E-state index in [9.17, 15) is 4.79 Å². The van der Waals surface area contributed by atoms with Crippen molar-refractivity contribution in [3.8, 4) is 0 Å². The van der Waals surface area contributed by atoms with E-state index >= 15 is 0 Å². The summed E-state index contributed by atoms with van der Waals surface area (Å²) < 4.78 is 5.99. The van der Waals surface area contributed by atoms with Gasteiger partial charge in [0.05, 0.1) is 12.6 Å². The summed E-state index contributed by atoms with van der Waals surface area (Å²) in [5.41, 5.74) is 14.5. The molecule has 2 aromatic carbocycles. The molecule has 0 saturated carbocycles. The highest BCUT2D eigenvalue weighted by atomic mass is 16.5. The van der Waals surface area contributed by atoms with Gasteiger partial charge in [-0.25, -0.2) is 0 Å². The van der Waals surface area contributed by atoms with Gasteiger partial charge in [-0.2, -0.15) is 0 Å². The van der Waals surface area contributed by atoms with Gasteiger partial charge < -0.3 is 26.1 Å². The lowest BCUT2D eigenvalue weighted by atomic mass is 9.93. The van der Waals surface area contributed by atoms with Crippen LogP contribution in [0.2, 0.25) is 0 Å². The van der Waals surface area contributed by atoms with Crippen LogP contribution in [0.5, 0.6) is 0 Å². The molecule has 2 heterocycles. The van der Waals surface area contributed by atoms with E-state index in [1.165, 1.54) is 22.8 Å². The minimum Gasteiger partial charge on any atom is -0.394 e. The summed E-state index contributed by atoms with van der Waals surface area (Å²) in [5, 5.41) is 6.65. The molecule has 1 aliphatic heterocycles. The van der Waals surface area contributed by atoms with Crippen LogP contribution in [0.4, 0.5) is 5.69 Å². The van der Waals surface area contributed by atoms with Crippen molar-refractivity contribution in [1.29, 1.82) is 0 Å². The van der Waals surface area contributed by atoms with Gasteiger partial charge in [-0.3, -0.25) is 4.79 Å². The average molecular weight is 443 g/mol. The van der Waals surface area contributed by atoms with Gasteiger partial charge in [0, 0.05) is 41.8 Å². The predicted molar refractivity (Wildman–Crippen MR) is 134 cm³/mol. The lowest BCUT2D eigenvalue weighted by Crippen LogP contribution is -2.27. The third kappa shape index (κ3) is 5.08. The Balaban J connectivity index is 1.44. The number of nitrogens with two attached hydrogens (primary N) is 1. The van der Waals surface area contributed by atoms with Crippen LogP contribution in [0.1, 0.15) is 40.9 Å². The van der Waals surface area contributed by atoms with Crippen molar-refractivity contribution in [3.05, 3.63) is 111 Å². The first-order valence-electron chi connectivity index (χ1n) is 11.0. The number of nitrogens with one attached hydrogen (secondary N) is 3. The Morgan fingerprint density at radius 1 is 1.12 bits per heavy atom. The van der Waals surface area contributed by atoms with Gasteiger partial charge >= 0.3 is 0 Å². The molecule has 6 nitrogen and oxygen atoms in total. The monoisotopic (exact) mass is 442 g/mol. The second kappa shape index (κ2) is 9.90. The summed E-state index contributed by atoms with van der Waals surface area (Å²) in [6, 6.07) is 20.1. The summed E-state index contributed by atoms with van der Waals surface area (Å²) in [5.74, 6) is 0. The van der Waals surface area contributed by atoms with Gasteiger partial charge in [-0.1, -0.05) is 48.5 Å². The van der Waals surface area contributed by atoms with E-state index in [0.717, 1.165) is 28.1 Å². The maximum Gasteiger partial charge on any atom is 0.248 e. The third-order valence-corrected chi connectivity index (χ3v) is 5.88. The van der Waals surface area contributed by atoms with Crippen LogP contribution in [0.25, 0.3) is 11.6 Å². The molecule has 4 rings (SSSR count). The Hall–Kier alpha value is -3.61. The molecule has 0 aliphatic carbocycles. The van der Waals surface area contributed by atoms with Crippen LogP contribution in [-0.4, -0.2) is 18.3 Å². The van der Waals surface area contributed by atoms with Crippen LogP contribution < -0.4 is 21.9 Å². The van der Waals surface area contributed by atoms with Crippen molar-refractivity contribution >= 4 is 17.3 Å². The summed E-state index contributed by atoms with van der Waals surface area (Å²) in [6.07, 6.45) is 3.39. The largest absolute Gasteiger partial charge is 0.394 e. The number of benzene rings is 2.